The topological polar surface area (TPSA) is 103 Å². The Morgan fingerprint density at radius 2 is 1.97 bits per heavy atom. The van der Waals surface area contributed by atoms with Gasteiger partial charge in [-0.3, -0.25) is 25.7 Å². The number of aryl methyl sites for hydroxylation is 2. The maximum atomic E-state index is 5.98. The van der Waals surface area contributed by atoms with Crippen LogP contribution in [0.2, 0.25) is 0 Å². The molecule has 1 aromatic carbocycles. The Balaban J connectivity index is 0.00000456. The number of nitrogens with one attached hydrogen (secondary N) is 2. The normalized spacial score (nSPS) is 16.3. The van der Waals surface area contributed by atoms with Gasteiger partial charge in [-0.05, 0) is 63.3 Å². The molecule has 0 atom stereocenters. The van der Waals surface area contributed by atoms with Crippen LogP contribution in [0.15, 0.2) is 48.9 Å². The van der Waals surface area contributed by atoms with Crippen LogP contribution in [-0.4, -0.2) is 65.6 Å². The van der Waals surface area contributed by atoms with Gasteiger partial charge < -0.3 is 17.0 Å². The number of rotatable bonds is 7. The monoisotopic (exact) mass is 576 g/mol. The minimum Gasteiger partial charge on any atom is -0.741 e. The molecule has 0 amide bonds. The number of aliphatic imine (C=N–C) groups is 2. The van der Waals surface area contributed by atoms with Crippen molar-refractivity contribution in [2.45, 2.75) is 33.2 Å². The van der Waals surface area contributed by atoms with Crippen molar-refractivity contribution in [2.75, 3.05) is 33.4 Å². The van der Waals surface area contributed by atoms with E-state index in [1.54, 1.807) is 20.3 Å². The first-order valence-electron chi connectivity index (χ1n) is 11.5. The Morgan fingerprint density at radius 3 is 2.61 bits per heavy atom. The molecule has 36 heavy (non-hydrogen) atoms. The third-order valence-corrected chi connectivity index (χ3v) is 6.71. The second-order valence-electron chi connectivity index (χ2n) is 8.22. The van der Waals surface area contributed by atoms with Crippen LogP contribution in [0.4, 0.5) is 0 Å². The summed E-state index contributed by atoms with van der Waals surface area (Å²) in [5.41, 5.74) is 9.80. The van der Waals surface area contributed by atoms with E-state index in [1.807, 2.05) is 25.3 Å². The molecule has 0 radical (unpaired) electrons. The molecule has 1 fully saturated rings. The summed E-state index contributed by atoms with van der Waals surface area (Å²) in [5.74, 6) is 1.80. The van der Waals surface area contributed by atoms with Gasteiger partial charge in [0, 0.05) is 32.1 Å². The van der Waals surface area contributed by atoms with Crippen LogP contribution in [-0.2, 0) is 36.2 Å². The summed E-state index contributed by atoms with van der Waals surface area (Å²) in [4.78, 5) is 15.3. The number of piperidine rings is 1. The van der Waals surface area contributed by atoms with E-state index in [0.717, 1.165) is 60.4 Å². The molecule has 0 unspecified atom stereocenters. The van der Waals surface area contributed by atoms with E-state index in [4.69, 9.17) is 22.0 Å². The van der Waals surface area contributed by atoms with Crippen molar-refractivity contribution in [1.82, 2.24) is 20.7 Å². The number of benzene rings is 1. The molecule has 3 rings (SSSR count). The summed E-state index contributed by atoms with van der Waals surface area (Å²) in [5, 5.41) is 9.88. The average Bonchev–Trinajstić information content (AvgIpc) is 3.24. The summed E-state index contributed by atoms with van der Waals surface area (Å²) in [7, 11) is 3.36. The molecule has 0 bridgehead atoms. The standard InChI is InChI=1S/C24H34N8OS2.Cu/c1-16-7-6-8-19(13-16)22-28-21(17(2)33-22)15-32-11-9-18(10-12-32)20(29-30-23(34)25-3)14-27-31-24(26-4)35-5;/h6-8,13-14,18H,9-12,15H2,1-5H3,(H,26,31)(H2,25,30,34);/q;+1/p-1/b27-14+,29-20-;. The summed E-state index contributed by atoms with van der Waals surface area (Å²) in [6.07, 6.45) is 5.57. The Morgan fingerprint density at radius 1 is 1.22 bits per heavy atom. The van der Waals surface area contributed by atoms with Crippen LogP contribution in [0.1, 0.15) is 29.9 Å². The zero-order chi connectivity index (χ0) is 25.2. The largest absolute Gasteiger partial charge is 1.00 e. The number of hydrogen-bond donors (Lipinski definition) is 2. The van der Waals surface area contributed by atoms with Gasteiger partial charge in [0.1, 0.15) is 5.76 Å². The first kappa shape index (κ1) is 30.0. The van der Waals surface area contributed by atoms with Crippen molar-refractivity contribution >= 4 is 46.7 Å². The second kappa shape index (κ2) is 15.1. The van der Waals surface area contributed by atoms with Gasteiger partial charge in [0.05, 0.1) is 17.6 Å². The van der Waals surface area contributed by atoms with Crippen LogP contribution >= 0.6 is 11.8 Å². The Labute approximate surface area is 233 Å². The van der Waals surface area contributed by atoms with E-state index in [0.29, 0.717) is 11.1 Å². The molecule has 1 aromatic heterocycles. The molecule has 12 heteroatoms. The van der Waals surface area contributed by atoms with Gasteiger partial charge in [-0.1, -0.05) is 29.5 Å². The fourth-order valence-corrected chi connectivity index (χ4v) is 4.18. The van der Waals surface area contributed by atoms with Crippen molar-refractivity contribution < 1.29 is 21.5 Å². The molecule has 1 saturated heterocycles. The van der Waals surface area contributed by atoms with Crippen molar-refractivity contribution in [3.8, 4) is 11.5 Å². The van der Waals surface area contributed by atoms with Crippen LogP contribution in [0.5, 0.6) is 0 Å². The summed E-state index contributed by atoms with van der Waals surface area (Å²) >= 11 is 6.62. The SMILES string of the molecule is CN=C([S-])N/N=C(/C=N/NC(=NC)SC)C1CCN(Cc2nc(-c3cccc(C)c3)oc2C)CC1.[Cu+]. The fourth-order valence-electron chi connectivity index (χ4n) is 3.80. The number of nitrogens with zero attached hydrogens (tertiary/aromatic N) is 6. The third kappa shape index (κ3) is 8.70. The number of thioether (sulfide) groups is 1. The van der Waals surface area contributed by atoms with Gasteiger partial charge in [0.2, 0.25) is 5.89 Å². The Hall–Kier alpha value is -2.24. The molecule has 198 valence electrons. The maximum Gasteiger partial charge on any atom is 1.00 e. The van der Waals surface area contributed by atoms with E-state index in [-0.39, 0.29) is 23.0 Å². The van der Waals surface area contributed by atoms with Gasteiger partial charge in [-0.15, -0.1) is 0 Å². The minimum absolute atomic E-state index is 0. The van der Waals surface area contributed by atoms with Crippen LogP contribution in [0.3, 0.4) is 0 Å². The fraction of sp³-hybridized carbons (Fsp3) is 0.458. The number of aromatic nitrogens is 1. The molecular formula is C24H33CuN8OS2. The minimum atomic E-state index is 0. The zero-order valence-electron chi connectivity index (χ0n) is 21.2. The molecule has 2 heterocycles. The number of hydrazone groups is 2. The molecule has 1 aliphatic rings. The van der Waals surface area contributed by atoms with Crippen molar-refractivity contribution in [3.05, 3.63) is 41.3 Å². The molecule has 9 nitrogen and oxygen atoms in total. The molecular weight excluding hydrogens is 544 g/mol. The Kier molecular flexibility index (Phi) is 12.6. The average molecular weight is 577 g/mol. The predicted octanol–water partition coefficient (Wildman–Crippen LogP) is 3.57. The van der Waals surface area contributed by atoms with E-state index in [9.17, 15) is 0 Å². The number of amidine groups is 2. The molecule has 1 aliphatic heterocycles. The second-order valence-corrected chi connectivity index (χ2v) is 9.40. The molecule has 2 aromatic rings. The van der Waals surface area contributed by atoms with E-state index in [1.165, 1.54) is 17.3 Å². The Bertz CT molecular complexity index is 1110. The van der Waals surface area contributed by atoms with Gasteiger partial charge in [0.15, 0.2) is 5.17 Å². The van der Waals surface area contributed by atoms with Crippen LogP contribution < -0.4 is 10.9 Å². The summed E-state index contributed by atoms with van der Waals surface area (Å²) in [6.45, 7) is 6.66. The first-order valence-corrected chi connectivity index (χ1v) is 13.1. The first-order chi connectivity index (χ1) is 16.9. The zero-order valence-corrected chi connectivity index (χ0v) is 23.8. The van der Waals surface area contributed by atoms with Gasteiger partial charge in [-0.2, -0.15) is 10.2 Å². The van der Waals surface area contributed by atoms with Crippen molar-refractivity contribution in [1.29, 1.82) is 0 Å². The van der Waals surface area contributed by atoms with Gasteiger partial charge in [-0.25, -0.2) is 4.98 Å². The van der Waals surface area contributed by atoms with Crippen molar-refractivity contribution in [3.63, 3.8) is 0 Å². The predicted molar refractivity (Wildman–Crippen MR) is 149 cm³/mol. The van der Waals surface area contributed by atoms with Gasteiger partial charge >= 0.3 is 17.1 Å². The number of likely N-dealkylation sites (tertiary alicyclic amines) is 1. The number of hydrogen-bond acceptors (Lipinski definition) is 9. The molecule has 0 saturated carbocycles. The summed E-state index contributed by atoms with van der Waals surface area (Å²) in [6, 6.07) is 8.23. The molecule has 2 N–H and O–H groups in total. The summed E-state index contributed by atoms with van der Waals surface area (Å²) < 4.78 is 5.98. The van der Waals surface area contributed by atoms with Crippen LogP contribution in [0.25, 0.3) is 11.5 Å². The van der Waals surface area contributed by atoms with Crippen molar-refractivity contribution in [2.24, 2.45) is 26.1 Å². The van der Waals surface area contributed by atoms with E-state index < -0.39 is 0 Å². The molecule has 0 spiro atoms. The maximum absolute atomic E-state index is 5.98. The van der Waals surface area contributed by atoms with E-state index >= 15 is 0 Å². The quantitative estimate of drug-likeness (QED) is 0.171. The smallest absolute Gasteiger partial charge is 0.741 e. The molecule has 0 aliphatic carbocycles. The third-order valence-electron chi connectivity index (χ3n) is 5.77. The number of oxazole rings is 1. The van der Waals surface area contributed by atoms with Crippen LogP contribution in [0, 0.1) is 19.8 Å². The van der Waals surface area contributed by atoms with E-state index in [2.05, 4.69) is 55.0 Å². The van der Waals surface area contributed by atoms with Gasteiger partial charge in [0.25, 0.3) is 0 Å².